The molecule has 7 nitrogen and oxygen atoms in total. The van der Waals surface area contributed by atoms with E-state index < -0.39 is 11.4 Å². The van der Waals surface area contributed by atoms with Crippen molar-refractivity contribution in [1.29, 1.82) is 0 Å². The molecule has 2 unspecified atom stereocenters. The molecule has 4 aromatic rings. The first kappa shape index (κ1) is 23.7. The van der Waals surface area contributed by atoms with E-state index in [0.717, 1.165) is 33.4 Å². The summed E-state index contributed by atoms with van der Waals surface area (Å²) in [6, 6.07) is 14.9. The lowest BCUT2D eigenvalue weighted by molar-refractivity contribution is -0.151. The molecule has 184 valence electrons. The van der Waals surface area contributed by atoms with E-state index in [1.165, 1.54) is 12.1 Å². The molecular weight excluding hydrogens is 459 g/mol. The molecule has 1 fully saturated rings. The Balaban J connectivity index is 1.36. The van der Waals surface area contributed by atoms with Crippen molar-refractivity contribution in [3.05, 3.63) is 83.4 Å². The Bertz CT molecular complexity index is 1430. The largest absolute Gasteiger partial charge is 0.481 e. The number of carboxylic acids is 1. The molecule has 2 atom stereocenters. The third-order valence-corrected chi connectivity index (χ3v) is 7.08. The van der Waals surface area contributed by atoms with Gasteiger partial charge in [0.05, 0.1) is 10.9 Å². The van der Waals surface area contributed by atoms with Crippen LogP contribution in [0.25, 0.3) is 22.2 Å². The van der Waals surface area contributed by atoms with Gasteiger partial charge < -0.3 is 10.4 Å². The van der Waals surface area contributed by atoms with Crippen LogP contribution >= 0.6 is 0 Å². The highest BCUT2D eigenvalue weighted by atomic mass is 19.1. The summed E-state index contributed by atoms with van der Waals surface area (Å²) in [6.07, 6.45) is 4.25. The van der Waals surface area contributed by atoms with Gasteiger partial charge in [0.15, 0.2) is 0 Å². The number of pyridine rings is 1. The van der Waals surface area contributed by atoms with Gasteiger partial charge in [-0.1, -0.05) is 18.6 Å². The van der Waals surface area contributed by atoms with Crippen molar-refractivity contribution < 1.29 is 19.1 Å². The number of hydrogen-bond donors (Lipinski definition) is 3. The van der Waals surface area contributed by atoms with Gasteiger partial charge in [0.2, 0.25) is 0 Å². The number of halogens is 1. The average molecular weight is 487 g/mol. The number of hydrogen-bond acceptors (Lipinski definition) is 4. The van der Waals surface area contributed by atoms with Gasteiger partial charge in [-0.15, -0.1) is 0 Å². The normalized spacial score (nSPS) is 19.8. The number of aliphatic carboxylic acids is 1. The fourth-order valence-corrected chi connectivity index (χ4v) is 5.25. The van der Waals surface area contributed by atoms with Crippen LogP contribution in [-0.4, -0.2) is 38.2 Å². The predicted octanol–water partition coefficient (Wildman–Crippen LogP) is 5.06. The Hall–Kier alpha value is -4.07. The topological polar surface area (TPSA) is 108 Å². The molecule has 1 aliphatic rings. The first-order valence-corrected chi connectivity index (χ1v) is 12.0. The molecule has 5 rings (SSSR count). The van der Waals surface area contributed by atoms with Gasteiger partial charge in [0.1, 0.15) is 11.5 Å². The highest BCUT2D eigenvalue weighted by Gasteiger charge is 2.43. The SMILES string of the molecule is Cc1cc(-c2n[nH]c3ccc(C(=O)NC4CCCC(Cc5ccc(F)cc5)(C(=O)O)C4)cc23)ccn1. The van der Waals surface area contributed by atoms with Crippen LogP contribution < -0.4 is 5.32 Å². The standard InChI is InChI=1S/C28H27FN4O3/c1-17-13-19(10-12-30-17)25-23-14-20(6-9-24(23)32-33-25)26(34)31-22-3-2-11-28(16-22,27(35)36)15-18-4-7-21(29)8-5-18/h4-10,12-14,22H,2-3,11,15-16H2,1H3,(H,31,34)(H,32,33)(H,35,36). The zero-order valence-electron chi connectivity index (χ0n) is 19.9. The second-order valence-corrected chi connectivity index (χ2v) is 9.67. The molecule has 0 spiro atoms. The first-order chi connectivity index (χ1) is 17.3. The summed E-state index contributed by atoms with van der Waals surface area (Å²) in [5.41, 5.74) is 3.60. The number of aromatic amines is 1. The van der Waals surface area contributed by atoms with Crippen LogP contribution in [0.1, 0.15) is 47.3 Å². The molecule has 2 heterocycles. The predicted molar refractivity (Wildman–Crippen MR) is 134 cm³/mol. The minimum atomic E-state index is -1.01. The number of aromatic nitrogens is 3. The number of amides is 1. The number of benzene rings is 2. The lowest BCUT2D eigenvalue weighted by Crippen LogP contribution is -2.46. The van der Waals surface area contributed by atoms with Crippen molar-refractivity contribution in [2.45, 2.75) is 45.1 Å². The molecule has 0 radical (unpaired) electrons. The minimum Gasteiger partial charge on any atom is -0.481 e. The van der Waals surface area contributed by atoms with E-state index in [1.807, 2.05) is 31.2 Å². The highest BCUT2D eigenvalue weighted by molar-refractivity contribution is 6.01. The van der Waals surface area contributed by atoms with Crippen LogP contribution in [0.3, 0.4) is 0 Å². The highest BCUT2D eigenvalue weighted by Crippen LogP contribution is 2.40. The second-order valence-electron chi connectivity index (χ2n) is 9.67. The van der Waals surface area contributed by atoms with Crippen molar-refractivity contribution in [3.8, 4) is 11.3 Å². The second kappa shape index (κ2) is 9.53. The Morgan fingerprint density at radius 2 is 1.97 bits per heavy atom. The molecule has 2 aromatic carbocycles. The van der Waals surface area contributed by atoms with Gasteiger partial charge in [-0.3, -0.25) is 19.7 Å². The van der Waals surface area contributed by atoms with Crippen molar-refractivity contribution in [2.24, 2.45) is 5.41 Å². The van der Waals surface area contributed by atoms with Crippen molar-refractivity contribution in [1.82, 2.24) is 20.5 Å². The molecule has 0 bridgehead atoms. The number of carbonyl (C=O) groups is 2. The Morgan fingerprint density at radius 3 is 2.72 bits per heavy atom. The van der Waals surface area contributed by atoms with Crippen LogP contribution in [0.15, 0.2) is 60.8 Å². The van der Waals surface area contributed by atoms with E-state index in [-0.39, 0.29) is 17.8 Å². The van der Waals surface area contributed by atoms with E-state index in [4.69, 9.17) is 0 Å². The fourth-order valence-electron chi connectivity index (χ4n) is 5.25. The number of fused-ring (bicyclic) bond motifs is 1. The lowest BCUT2D eigenvalue weighted by atomic mass is 9.68. The van der Waals surface area contributed by atoms with Crippen LogP contribution in [0.2, 0.25) is 0 Å². The van der Waals surface area contributed by atoms with Crippen molar-refractivity contribution in [2.75, 3.05) is 0 Å². The van der Waals surface area contributed by atoms with Gasteiger partial charge in [-0.05, 0) is 80.6 Å². The summed E-state index contributed by atoms with van der Waals surface area (Å²) < 4.78 is 13.3. The number of aryl methyl sites for hydroxylation is 1. The van der Waals surface area contributed by atoms with Crippen LogP contribution in [0.4, 0.5) is 4.39 Å². The zero-order chi connectivity index (χ0) is 25.3. The lowest BCUT2D eigenvalue weighted by Gasteiger charge is -2.38. The summed E-state index contributed by atoms with van der Waals surface area (Å²) in [5, 5.41) is 21.5. The molecule has 0 saturated heterocycles. The summed E-state index contributed by atoms with van der Waals surface area (Å²) >= 11 is 0. The van der Waals surface area contributed by atoms with E-state index >= 15 is 0 Å². The number of nitrogens with one attached hydrogen (secondary N) is 2. The summed E-state index contributed by atoms with van der Waals surface area (Å²) in [4.78, 5) is 29.8. The maximum Gasteiger partial charge on any atom is 0.310 e. The fraction of sp³-hybridized carbons (Fsp3) is 0.286. The first-order valence-electron chi connectivity index (χ1n) is 12.0. The molecule has 2 aromatic heterocycles. The molecular formula is C28H27FN4O3. The molecule has 1 saturated carbocycles. The Morgan fingerprint density at radius 1 is 1.17 bits per heavy atom. The van der Waals surface area contributed by atoms with Crippen molar-refractivity contribution >= 4 is 22.8 Å². The van der Waals surface area contributed by atoms with E-state index in [2.05, 4.69) is 20.5 Å². The van der Waals surface area contributed by atoms with Gasteiger partial charge in [-0.2, -0.15) is 5.10 Å². The number of H-pyrrole nitrogens is 1. The van der Waals surface area contributed by atoms with Crippen LogP contribution in [0, 0.1) is 18.2 Å². The number of carbonyl (C=O) groups excluding carboxylic acids is 1. The third-order valence-electron chi connectivity index (χ3n) is 7.08. The monoisotopic (exact) mass is 486 g/mol. The average Bonchev–Trinajstić information content (AvgIpc) is 3.29. The summed E-state index contributed by atoms with van der Waals surface area (Å²) in [5.74, 6) is -1.49. The smallest absolute Gasteiger partial charge is 0.310 e. The minimum absolute atomic E-state index is 0.247. The zero-order valence-corrected chi connectivity index (χ0v) is 19.9. The quantitative estimate of drug-likeness (QED) is 0.353. The summed E-state index contributed by atoms with van der Waals surface area (Å²) in [6.45, 7) is 1.91. The molecule has 3 N–H and O–H groups in total. The molecule has 1 amide bonds. The maximum atomic E-state index is 13.3. The molecule has 8 heteroatoms. The van der Waals surface area contributed by atoms with E-state index in [0.29, 0.717) is 37.7 Å². The van der Waals surface area contributed by atoms with Gasteiger partial charge in [0.25, 0.3) is 5.91 Å². The third kappa shape index (κ3) is 4.71. The number of carboxylic acid groups (broad SMARTS) is 1. The molecule has 1 aliphatic carbocycles. The van der Waals surface area contributed by atoms with Gasteiger partial charge in [0, 0.05) is 34.4 Å². The number of nitrogens with zero attached hydrogens (tertiary/aromatic N) is 2. The van der Waals surface area contributed by atoms with Crippen LogP contribution in [0.5, 0.6) is 0 Å². The van der Waals surface area contributed by atoms with Crippen LogP contribution in [-0.2, 0) is 11.2 Å². The number of rotatable bonds is 6. The van der Waals surface area contributed by atoms with E-state index in [9.17, 15) is 19.1 Å². The Kier molecular flexibility index (Phi) is 6.26. The van der Waals surface area contributed by atoms with E-state index in [1.54, 1.807) is 24.4 Å². The van der Waals surface area contributed by atoms with Crippen molar-refractivity contribution in [3.63, 3.8) is 0 Å². The van der Waals surface area contributed by atoms with Gasteiger partial charge in [-0.25, -0.2) is 4.39 Å². The summed E-state index contributed by atoms with van der Waals surface area (Å²) in [7, 11) is 0. The Labute approximate surface area is 207 Å². The molecule has 0 aliphatic heterocycles. The van der Waals surface area contributed by atoms with Gasteiger partial charge >= 0.3 is 5.97 Å². The maximum absolute atomic E-state index is 13.3. The molecule has 36 heavy (non-hydrogen) atoms.